The summed E-state index contributed by atoms with van der Waals surface area (Å²) in [6, 6.07) is 13.8. The largest absolute Gasteiger partial charge is 0.383 e. The SMILES string of the molecule is CC(=CN=C1N=C(Nc2ccc(Cl)c(Cl)c2)S1)NCc1ccc(C)cc1. The van der Waals surface area contributed by atoms with Crippen LogP contribution < -0.4 is 10.6 Å². The third kappa shape index (κ3) is 5.27. The summed E-state index contributed by atoms with van der Waals surface area (Å²) < 4.78 is 0. The lowest BCUT2D eigenvalue weighted by atomic mass is 10.1. The summed E-state index contributed by atoms with van der Waals surface area (Å²) in [5.74, 6) is 0. The Morgan fingerprint density at radius 2 is 1.88 bits per heavy atom. The van der Waals surface area contributed by atoms with Gasteiger partial charge in [-0.15, -0.1) is 0 Å². The van der Waals surface area contributed by atoms with E-state index in [1.807, 2.05) is 13.0 Å². The summed E-state index contributed by atoms with van der Waals surface area (Å²) in [5, 5.41) is 9.03. The van der Waals surface area contributed by atoms with Crippen molar-refractivity contribution in [3.63, 3.8) is 0 Å². The highest BCUT2D eigenvalue weighted by molar-refractivity contribution is 8.29. The molecular formula is C19H18Cl2N4S. The lowest BCUT2D eigenvalue weighted by Crippen LogP contribution is -2.19. The van der Waals surface area contributed by atoms with E-state index in [0.717, 1.165) is 23.1 Å². The minimum absolute atomic E-state index is 0.508. The summed E-state index contributed by atoms with van der Waals surface area (Å²) in [6.07, 6.45) is 1.79. The topological polar surface area (TPSA) is 48.8 Å². The fourth-order valence-corrected chi connectivity index (χ4v) is 3.01. The van der Waals surface area contributed by atoms with Crippen molar-refractivity contribution in [3.05, 3.63) is 75.5 Å². The molecule has 1 aliphatic rings. The van der Waals surface area contributed by atoms with E-state index in [4.69, 9.17) is 23.2 Å². The fourth-order valence-electron chi connectivity index (χ4n) is 2.13. The minimum Gasteiger partial charge on any atom is -0.383 e. The molecule has 7 heteroatoms. The smallest absolute Gasteiger partial charge is 0.197 e. The Kier molecular flexibility index (Phi) is 6.25. The van der Waals surface area contributed by atoms with Gasteiger partial charge in [0.15, 0.2) is 10.3 Å². The Labute approximate surface area is 167 Å². The second kappa shape index (κ2) is 8.62. The highest BCUT2D eigenvalue weighted by Gasteiger charge is 2.17. The zero-order valence-corrected chi connectivity index (χ0v) is 16.7. The molecule has 0 aliphatic carbocycles. The molecule has 0 bridgehead atoms. The fraction of sp³-hybridized carbons (Fsp3) is 0.158. The predicted octanol–water partition coefficient (Wildman–Crippen LogP) is 5.82. The maximum absolute atomic E-state index is 6.00. The van der Waals surface area contributed by atoms with Crippen LogP contribution in [0, 0.1) is 6.92 Å². The van der Waals surface area contributed by atoms with Gasteiger partial charge in [0.05, 0.1) is 10.0 Å². The first-order chi connectivity index (χ1) is 12.5. The van der Waals surface area contributed by atoms with Crippen molar-refractivity contribution in [1.29, 1.82) is 0 Å². The van der Waals surface area contributed by atoms with Crippen LogP contribution in [0.5, 0.6) is 0 Å². The number of nitrogens with zero attached hydrogens (tertiary/aromatic N) is 2. The number of aryl methyl sites for hydroxylation is 1. The van der Waals surface area contributed by atoms with Gasteiger partial charge in [0, 0.05) is 24.1 Å². The molecule has 2 aromatic rings. The van der Waals surface area contributed by atoms with Crippen LogP contribution in [0.25, 0.3) is 0 Å². The molecule has 3 rings (SSSR count). The molecule has 26 heavy (non-hydrogen) atoms. The molecule has 0 saturated heterocycles. The van der Waals surface area contributed by atoms with Gasteiger partial charge in [-0.2, -0.15) is 4.99 Å². The van der Waals surface area contributed by atoms with E-state index in [1.54, 1.807) is 18.3 Å². The molecule has 0 atom stereocenters. The van der Waals surface area contributed by atoms with Gasteiger partial charge in [-0.3, -0.25) is 0 Å². The number of amidine groups is 2. The summed E-state index contributed by atoms with van der Waals surface area (Å²) in [7, 11) is 0. The number of aliphatic imine (C=N–C) groups is 2. The van der Waals surface area contributed by atoms with E-state index >= 15 is 0 Å². The van der Waals surface area contributed by atoms with Crippen LogP contribution >= 0.6 is 35.0 Å². The van der Waals surface area contributed by atoms with Gasteiger partial charge < -0.3 is 10.6 Å². The number of halogens is 2. The summed E-state index contributed by atoms with van der Waals surface area (Å²) in [5.41, 5.74) is 4.33. The standard InChI is InChI=1S/C19H18Cl2N4S/c1-12-3-5-14(6-4-12)11-22-13(2)10-23-18-25-19(26-18)24-15-7-8-16(20)17(21)9-15/h3-10,22H,11H2,1-2H3,(H,23,24,25). The molecule has 0 fully saturated rings. The van der Waals surface area contributed by atoms with Gasteiger partial charge in [0.1, 0.15) is 0 Å². The zero-order valence-electron chi connectivity index (χ0n) is 14.4. The van der Waals surface area contributed by atoms with E-state index in [0.29, 0.717) is 15.2 Å². The van der Waals surface area contributed by atoms with Crippen molar-refractivity contribution >= 4 is 51.0 Å². The molecule has 2 N–H and O–H groups in total. The van der Waals surface area contributed by atoms with E-state index < -0.39 is 0 Å². The molecular weight excluding hydrogens is 387 g/mol. The molecule has 0 amide bonds. The minimum atomic E-state index is 0.508. The maximum atomic E-state index is 6.00. The average Bonchev–Trinajstić information content (AvgIpc) is 2.59. The molecule has 0 saturated carbocycles. The molecule has 0 aromatic heterocycles. The number of benzene rings is 2. The first kappa shape index (κ1) is 18.8. The van der Waals surface area contributed by atoms with Crippen molar-refractivity contribution in [2.75, 3.05) is 5.32 Å². The zero-order chi connectivity index (χ0) is 18.5. The first-order valence-electron chi connectivity index (χ1n) is 8.02. The highest BCUT2D eigenvalue weighted by Crippen LogP contribution is 2.27. The van der Waals surface area contributed by atoms with Crippen molar-refractivity contribution in [2.45, 2.75) is 20.4 Å². The molecule has 134 valence electrons. The number of allylic oxidation sites excluding steroid dienone is 1. The van der Waals surface area contributed by atoms with Crippen molar-refractivity contribution in [3.8, 4) is 0 Å². The van der Waals surface area contributed by atoms with Crippen molar-refractivity contribution in [1.82, 2.24) is 5.32 Å². The molecule has 2 aromatic carbocycles. The second-order valence-electron chi connectivity index (χ2n) is 5.84. The van der Waals surface area contributed by atoms with Gasteiger partial charge in [0.25, 0.3) is 0 Å². The number of rotatable bonds is 5. The predicted molar refractivity (Wildman–Crippen MR) is 114 cm³/mol. The molecule has 0 unspecified atom stereocenters. The van der Waals surface area contributed by atoms with Gasteiger partial charge >= 0.3 is 0 Å². The van der Waals surface area contributed by atoms with Crippen LogP contribution in [0.2, 0.25) is 10.0 Å². The first-order valence-corrected chi connectivity index (χ1v) is 9.59. The van der Waals surface area contributed by atoms with Crippen LogP contribution in [-0.2, 0) is 6.54 Å². The van der Waals surface area contributed by atoms with E-state index in [2.05, 4.69) is 51.8 Å². The molecule has 4 nitrogen and oxygen atoms in total. The van der Waals surface area contributed by atoms with Gasteiger partial charge in [-0.1, -0.05) is 53.0 Å². The van der Waals surface area contributed by atoms with Gasteiger partial charge in [-0.05, 0) is 49.4 Å². The van der Waals surface area contributed by atoms with Crippen LogP contribution in [0.4, 0.5) is 5.69 Å². The van der Waals surface area contributed by atoms with Crippen LogP contribution in [0.3, 0.4) is 0 Å². The summed E-state index contributed by atoms with van der Waals surface area (Å²) in [6.45, 7) is 4.84. The summed E-state index contributed by atoms with van der Waals surface area (Å²) in [4.78, 5) is 8.70. The quantitative estimate of drug-likeness (QED) is 0.659. The normalized spacial score (nSPS) is 15.5. The van der Waals surface area contributed by atoms with Crippen LogP contribution in [0.1, 0.15) is 18.1 Å². The number of nitrogens with one attached hydrogen (secondary N) is 2. The van der Waals surface area contributed by atoms with E-state index in [1.165, 1.54) is 22.9 Å². The van der Waals surface area contributed by atoms with Gasteiger partial charge in [-0.25, -0.2) is 4.99 Å². The van der Waals surface area contributed by atoms with E-state index in [9.17, 15) is 0 Å². The van der Waals surface area contributed by atoms with E-state index in [-0.39, 0.29) is 0 Å². The summed E-state index contributed by atoms with van der Waals surface area (Å²) >= 11 is 13.4. The maximum Gasteiger partial charge on any atom is 0.197 e. The Morgan fingerprint density at radius 1 is 1.15 bits per heavy atom. The monoisotopic (exact) mass is 404 g/mol. The van der Waals surface area contributed by atoms with Crippen molar-refractivity contribution < 1.29 is 0 Å². The highest BCUT2D eigenvalue weighted by atomic mass is 35.5. The average molecular weight is 405 g/mol. The Bertz CT molecular complexity index is 889. The number of thioether (sulfide) groups is 1. The number of hydrogen-bond acceptors (Lipinski definition) is 4. The van der Waals surface area contributed by atoms with Crippen molar-refractivity contribution in [2.24, 2.45) is 9.98 Å². The Hall–Kier alpha value is -1.95. The number of anilines is 1. The second-order valence-corrected chi connectivity index (χ2v) is 7.61. The Balaban J connectivity index is 1.50. The molecule has 0 spiro atoms. The van der Waals surface area contributed by atoms with Crippen LogP contribution in [-0.4, -0.2) is 10.3 Å². The molecule has 1 heterocycles. The lowest BCUT2D eigenvalue weighted by Gasteiger charge is -2.16. The van der Waals surface area contributed by atoms with Gasteiger partial charge in [0.2, 0.25) is 0 Å². The third-order valence-corrected chi connectivity index (χ3v) is 5.12. The number of hydrogen-bond donors (Lipinski definition) is 2. The molecule has 0 radical (unpaired) electrons. The third-order valence-electron chi connectivity index (χ3n) is 3.62. The Morgan fingerprint density at radius 3 is 2.58 bits per heavy atom. The lowest BCUT2D eigenvalue weighted by molar-refractivity contribution is 0.808. The molecule has 1 aliphatic heterocycles. The van der Waals surface area contributed by atoms with Crippen LogP contribution in [0.15, 0.2) is 64.3 Å².